The molecule has 0 unspecified atom stereocenters. The van der Waals surface area contributed by atoms with Crippen LogP contribution in [-0.4, -0.2) is 28.0 Å². The fraction of sp³-hybridized carbons (Fsp3) is 0.136. The molecule has 3 aromatic rings. The average Bonchev–Trinajstić information content (AvgIpc) is 2.72. The van der Waals surface area contributed by atoms with Crippen LogP contribution in [0.15, 0.2) is 76.1 Å². The minimum atomic E-state index is -4.09. The van der Waals surface area contributed by atoms with Crippen LogP contribution in [0.1, 0.15) is 5.56 Å². The van der Waals surface area contributed by atoms with Gasteiger partial charge in [-0.2, -0.15) is 0 Å². The summed E-state index contributed by atoms with van der Waals surface area (Å²) in [4.78, 5) is 12.9. The van der Waals surface area contributed by atoms with Gasteiger partial charge in [-0.1, -0.05) is 51.3 Å². The molecule has 0 aliphatic heterocycles. The quantitative estimate of drug-likeness (QED) is 0.459. The second-order valence-electron chi connectivity index (χ2n) is 6.70. The van der Waals surface area contributed by atoms with Gasteiger partial charge in [-0.25, -0.2) is 8.42 Å². The molecular weight excluding hydrogens is 504 g/mol. The van der Waals surface area contributed by atoms with Crippen molar-refractivity contribution in [3.63, 3.8) is 0 Å². The smallest absolute Gasteiger partial charge is 0.264 e. The molecule has 0 aliphatic carbocycles. The first-order valence-electron chi connectivity index (χ1n) is 9.19. The minimum absolute atomic E-state index is 0.0513. The summed E-state index contributed by atoms with van der Waals surface area (Å²) < 4.78 is 34.1. The zero-order valence-corrected chi connectivity index (χ0v) is 20.0. The van der Waals surface area contributed by atoms with E-state index >= 15 is 0 Å². The van der Waals surface area contributed by atoms with E-state index in [0.717, 1.165) is 14.3 Å². The van der Waals surface area contributed by atoms with Crippen molar-refractivity contribution in [1.29, 1.82) is 0 Å². The number of anilines is 2. The van der Waals surface area contributed by atoms with Crippen LogP contribution in [0.4, 0.5) is 11.4 Å². The number of amides is 1. The zero-order valence-electron chi connectivity index (χ0n) is 16.8. The Hall–Kier alpha value is -2.55. The van der Waals surface area contributed by atoms with Crippen molar-refractivity contribution < 1.29 is 17.9 Å². The number of hydrogen-bond acceptors (Lipinski definition) is 4. The number of sulfonamides is 1. The predicted octanol–water partition coefficient (Wildman–Crippen LogP) is 5.25. The highest BCUT2D eigenvalue weighted by atomic mass is 79.9. The Morgan fingerprint density at radius 1 is 1.10 bits per heavy atom. The SMILES string of the molecule is COc1ccc(Cl)cc1N(CC(=O)Nc1cccc(Br)c1)S(=O)(=O)c1ccc(C)cc1. The molecule has 31 heavy (non-hydrogen) atoms. The van der Waals surface area contributed by atoms with Crippen molar-refractivity contribution in [3.8, 4) is 5.75 Å². The number of benzene rings is 3. The van der Waals surface area contributed by atoms with Gasteiger partial charge in [0, 0.05) is 15.2 Å². The van der Waals surface area contributed by atoms with Gasteiger partial charge in [0.15, 0.2) is 0 Å². The van der Waals surface area contributed by atoms with E-state index in [1.54, 1.807) is 42.5 Å². The lowest BCUT2D eigenvalue weighted by molar-refractivity contribution is -0.114. The molecule has 1 N–H and O–H groups in total. The minimum Gasteiger partial charge on any atom is -0.495 e. The van der Waals surface area contributed by atoms with Gasteiger partial charge in [0.2, 0.25) is 5.91 Å². The molecule has 3 aromatic carbocycles. The number of nitrogens with zero attached hydrogens (tertiary/aromatic N) is 1. The topological polar surface area (TPSA) is 75.7 Å². The molecule has 0 spiro atoms. The molecule has 0 saturated heterocycles. The van der Waals surface area contributed by atoms with Crippen LogP contribution in [0, 0.1) is 6.92 Å². The van der Waals surface area contributed by atoms with Gasteiger partial charge < -0.3 is 10.1 Å². The number of carbonyl (C=O) groups is 1. The van der Waals surface area contributed by atoms with Crippen molar-refractivity contribution in [2.75, 3.05) is 23.3 Å². The first-order valence-corrected chi connectivity index (χ1v) is 11.8. The molecule has 0 heterocycles. The molecule has 0 aliphatic rings. The van der Waals surface area contributed by atoms with E-state index in [-0.39, 0.29) is 16.3 Å². The summed E-state index contributed by atoms with van der Waals surface area (Å²) in [5, 5.41) is 3.03. The number of rotatable bonds is 7. The fourth-order valence-electron chi connectivity index (χ4n) is 2.89. The molecular formula is C22H20BrClN2O4S. The van der Waals surface area contributed by atoms with Crippen molar-refractivity contribution >= 4 is 54.8 Å². The molecule has 0 fully saturated rings. The van der Waals surface area contributed by atoms with E-state index in [2.05, 4.69) is 21.2 Å². The molecule has 3 rings (SSSR count). The molecule has 1 amide bonds. The number of aryl methyl sites for hydroxylation is 1. The van der Waals surface area contributed by atoms with Crippen LogP contribution in [0.2, 0.25) is 5.02 Å². The van der Waals surface area contributed by atoms with Crippen molar-refractivity contribution in [3.05, 3.63) is 81.8 Å². The normalized spacial score (nSPS) is 11.1. The number of methoxy groups -OCH3 is 1. The first-order chi connectivity index (χ1) is 14.7. The lowest BCUT2D eigenvalue weighted by Crippen LogP contribution is -2.38. The predicted molar refractivity (Wildman–Crippen MR) is 126 cm³/mol. The van der Waals surface area contributed by atoms with Gasteiger partial charge >= 0.3 is 0 Å². The summed E-state index contributed by atoms with van der Waals surface area (Å²) in [7, 11) is -2.67. The van der Waals surface area contributed by atoms with Crippen LogP contribution in [0.3, 0.4) is 0 Å². The number of carbonyl (C=O) groups excluding carboxylic acids is 1. The van der Waals surface area contributed by atoms with Crippen LogP contribution in [0.25, 0.3) is 0 Å². The molecule has 162 valence electrons. The number of hydrogen-bond donors (Lipinski definition) is 1. The Labute approximate surface area is 195 Å². The van der Waals surface area contributed by atoms with Crippen LogP contribution < -0.4 is 14.4 Å². The molecule has 0 radical (unpaired) electrons. The first kappa shape index (κ1) is 23.1. The maximum Gasteiger partial charge on any atom is 0.264 e. The monoisotopic (exact) mass is 522 g/mol. The fourth-order valence-corrected chi connectivity index (χ4v) is 4.88. The van der Waals surface area contributed by atoms with Crippen molar-refractivity contribution in [2.45, 2.75) is 11.8 Å². The second kappa shape index (κ2) is 9.72. The molecule has 9 heteroatoms. The number of nitrogens with one attached hydrogen (secondary N) is 1. The summed E-state index contributed by atoms with van der Waals surface area (Å²) in [6.45, 7) is 1.39. The molecule has 0 saturated carbocycles. The molecule has 0 atom stereocenters. The van der Waals surface area contributed by atoms with Gasteiger partial charge in [-0.15, -0.1) is 0 Å². The highest BCUT2D eigenvalue weighted by Crippen LogP contribution is 2.35. The lowest BCUT2D eigenvalue weighted by Gasteiger charge is -2.26. The summed E-state index contributed by atoms with van der Waals surface area (Å²) in [5.41, 5.74) is 1.61. The third-order valence-electron chi connectivity index (χ3n) is 4.41. The van der Waals surface area contributed by atoms with Crippen LogP contribution in [-0.2, 0) is 14.8 Å². The Bertz CT molecular complexity index is 1200. The lowest BCUT2D eigenvalue weighted by atomic mass is 10.2. The second-order valence-corrected chi connectivity index (χ2v) is 9.91. The highest BCUT2D eigenvalue weighted by molar-refractivity contribution is 9.10. The summed E-state index contributed by atoms with van der Waals surface area (Å²) in [5.74, 6) is -0.244. The van der Waals surface area contributed by atoms with E-state index in [9.17, 15) is 13.2 Å². The van der Waals surface area contributed by atoms with E-state index in [1.807, 2.05) is 13.0 Å². The van der Waals surface area contributed by atoms with Gasteiger partial charge in [-0.05, 0) is 55.5 Å². The van der Waals surface area contributed by atoms with Gasteiger partial charge in [0.1, 0.15) is 12.3 Å². The number of halogens is 2. The number of ether oxygens (including phenoxy) is 1. The Kier molecular flexibility index (Phi) is 7.25. The van der Waals surface area contributed by atoms with Crippen LogP contribution >= 0.6 is 27.5 Å². The third-order valence-corrected chi connectivity index (χ3v) is 6.92. The van der Waals surface area contributed by atoms with Crippen molar-refractivity contribution in [2.24, 2.45) is 0 Å². The molecule has 0 aromatic heterocycles. The maximum absolute atomic E-state index is 13.5. The Morgan fingerprint density at radius 2 is 1.81 bits per heavy atom. The largest absolute Gasteiger partial charge is 0.495 e. The summed E-state index contributed by atoms with van der Waals surface area (Å²) in [6.07, 6.45) is 0. The van der Waals surface area contributed by atoms with Crippen molar-refractivity contribution in [1.82, 2.24) is 0 Å². The Morgan fingerprint density at radius 3 is 2.45 bits per heavy atom. The van der Waals surface area contributed by atoms with E-state index in [1.165, 1.54) is 25.3 Å². The van der Waals surface area contributed by atoms with E-state index in [0.29, 0.717) is 10.7 Å². The van der Waals surface area contributed by atoms with Gasteiger partial charge in [0.05, 0.1) is 17.7 Å². The standard InChI is InChI=1S/C22H20BrClN2O4S/c1-15-6-9-19(10-7-15)31(28,29)26(20-13-17(24)8-11-21(20)30-2)14-22(27)25-18-5-3-4-16(23)12-18/h3-13H,14H2,1-2H3,(H,25,27). The van der Waals surface area contributed by atoms with Gasteiger partial charge in [-0.3, -0.25) is 9.10 Å². The average molecular weight is 524 g/mol. The molecule has 0 bridgehead atoms. The van der Waals surface area contributed by atoms with Crippen LogP contribution in [0.5, 0.6) is 5.75 Å². The highest BCUT2D eigenvalue weighted by Gasteiger charge is 2.29. The van der Waals surface area contributed by atoms with E-state index < -0.39 is 22.5 Å². The van der Waals surface area contributed by atoms with Gasteiger partial charge in [0.25, 0.3) is 10.0 Å². The third kappa shape index (κ3) is 5.58. The molecule has 6 nitrogen and oxygen atoms in total. The summed E-state index contributed by atoms with van der Waals surface area (Å²) >= 11 is 9.48. The Balaban J connectivity index is 2.03. The summed E-state index contributed by atoms with van der Waals surface area (Å²) in [6, 6.07) is 18.0. The zero-order chi connectivity index (χ0) is 22.6. The van der Waals surface area contributed by atoms with E-state index in [4.69, 9.17) is 16.3 Å². The maximum atomic E-state index is 13.5.